The number of aliphatic hydroxyl groups is 1. The Labute approximate surface area is 103 Å². The van der Waals surface area contributed by atoms with Crippen LogP contribution in [-0.2, 0) is 0 Å². The molecule has 0 aliphatic heterocycles. The highest BCUT2D eigenvalue weighted by Gasteiger charge is 2.02. The fourth-order valence-electron chi connectivity index (χ4n) is 1.49. The topological polar surface area (TPSA) is 55.3 Å². The summed E-state index contributed by atoms with van der Waals surface area (Å²) in [6, 6.07) is 7.71. The highest BCUT2D eigenvalue weighted by molar-refractivity contribution is 5.39. The van der Waals surface area contributed by atoms with Gasteiger partial charge in [0, 0.05) is 6.42 Å². The minimum absolute atomic E-state index is 0.230. The second-order valence-electron chi connectivity index (χ2n) is 3.67. The number of aliphatic hydroxyl groups excluding tert-OH is 1. The van der Waals surface area contributed by atoms with Crippen LogP contribution >= 0.6 is 0 Å². The number of hydrogen-bond donors (Lipinski definition) is 2. The molecule has 0 heterocycles. The number of benzene rings is 1. The van der Waals surface area contributed by atoms with Gasteiger partial charge in [-0.2, -0.15) is 0 Å². The molecule has 1 aromatic rings. The minimum atomic E-state index is 0.230. The smallest absolute Gasteiger partial charge is 0.161 e. The van der Waals surface area contributed by atoms with Gasteiger partial charge in [0.05, 0.1) is 32.9 Å². The summed E-state index contributed by atoms with van der Waals surface area (Å²) in [5, 5.41) is 10.7. The molecular weight excluding hydrogens is 218 g/mol. The van der Waals surface area contributed by atoms with Crippen molar-refractivity contribution < 1.29 is 19.9 Å². The lowest BCUT2D eigenvalue weighted by molar-refractivity contribution is -0.656. The fraction of sp³-hybridized carbons (Fsp3) is 0.538. The summed E-state index contributed by atoms with van der Waals surface area (Å²) in [6.45, 7) is 5.23. The summed E-state index contributed by atoms with van der Waals surface area (Å²) in [5.74, 6) is 1.60. The maximum atomic E-state index is 8.62. The quantitative estimate of drug-likeness (QED) is 0.615. The normalized spacial score (nSPS) is 10.2. The predicted molar refractivity (Wildman–Crippen MR) is 66.5 cm³/mol. The van der Waals surface area contributed by atoms with Crippen LogP contribution in [0.3, 0.4) is 0 Å². The molecule has 0 aromatic heterocycles. The van der Waals surface area contributed by atoms with E-state index in [0.29, 0.717) is 13.2 Å². The average Bonchev–Trinajstić information content (AvgIpc) is 2.36. The van der Waals surface area contributed by atoms with Crippen molar-refractivity contribution in [3.63, 3.8) is 0 Å². The predicted octanol–water partition coefficient (Wildman–Crippen LogP) is 0.410. The molecule has 0 bridgehead atoms. The summed E-state index contributed by atoms with van der Waals surface area (Å²) in [7, 11) is 0. The van der Waals surface area contributed by atoms with Gasteiger partial charge in [-0.15, -0.1) is 0 Å². The molecule has 96 valence electrons. The van der Waals surface area contributed by atoms with E-state index in [9.17, 15) is 0 Å². The van der Waals surface area contributed by atoms with Crippen LogP contribution in [0.15, 0.2) is 24.3 Å². The van der Waals surface area contributed by atoms with Crippen LogP contribution in [-0.4, -0.2) is 38.0 Å². The third-order valence-electron chi connectivity index (χ3n) is 2.29. The van der Waals surface area contributed by atoms with E-state index < -0.39 is 0 Å². The zero-order valence-electron chi connectivity index (χ0n) is 10.4. The zero-order chi connectivity index (χ0) is 12.3. The van der Waals surface area contributed by atoms with Gasteiger partial charge in [-0.3, -0.25) is 0 Å². The lowest BCUT2D eigenvalue weighted by Gasteiger charge is -2.11. The largest absolute Gasteiger partial charge is 0.490 e. The Hall–Kier alpha value is -1.26. The average molecular weight is 240 g/mol. The van der Waals surface area contributed by atoms with Gasteiger partial charge in [0.2, 0.25) is 0 Å². The molecule has 0 aliphatic carbocycles. The maximum Gasteiger partial charge on any atom is 0.161 e. The van der Waals surface area contributed by atoms with Gasteiger partial charge >= 0.3 is 0 Å². The summed E-state index contributed by atoms with van der Waals surface area (Å²) in [4.78, 5) is 0. The summed E-state index contributed by atoms with van der Waals surface area (Å²) < 4.78 is 11.1. The van der Waals surface area contributed by atoms with Crippen LogP contribution in [0.1, 0.15) is 13.3 Å². The van der Waals surface area contributed by atoms with Crippen molar-refractivity contribution in [1.29, 1.82) is 0 Å². The van der Waals surface area contributed by atoms with Gasteiger partial charge < -0.3 is 19.9 Å². The molecule has 0 aliphatic rings. The van der Waals surface area contributed by atoms with Crippen molar-refractivity contribution in [2.45, 2.75) is 13.3 Å². The van der Waals surface area contributed by atoms with Gasteiger partial charge in [0.25, 0.3) is 0 Å². The molecule has 0 fully saturated rings. The number of hydrogen-bond acceptors (Lipinski definition) is 3. The van der Waals surface area contributed by atoms with E-state index in [0.717, 1.165) is 31.0 Å². The van der Waals surface area contributed by atoms with Crippen LogP contribution < -0.4 is 14.8 Å². The Morgan fingerprint density at radius 1 is 1.12 bits per heavy atom. The Kier molecular flexibility index (Phi) is 7.18. The Morgan fingerprint density at radius 2 is 1.82 bits per heavy atom. The minimum Gasteiger partial charge on any atom is -0.490 e. The number of ether oxygens (including phenoxy) is 2. The van der Waals surface area contributed by atoms with Gasteiger partial charge in [-0.05, 0) is 19.1 Å². The lowest BCUT2D eigenvalue weighted by atomic mass is 10.3. The molecule has 17 heavy (non-hydrogen) atoms. The van der Waals surface area contributed by atoms with Gasteiger partial charge in [-0.1, -0.05) is 12.1 Å². The van der Waals surface area contributed by atoms with Crippen molar-refractivity contribution >= 4 is 0 Å². The molecule has 0 saturated heterocycles. The summed E-state index contributed by atoms with van der Waals surface area (Å²) in [6.07, 6.45) is 0.959. The lowest BCUT2D eigenvalue weighted by Crippen LogP contribution is -2.85. The molecular formula is C13H22NO3+. The molecule has 3 N–H and O–H groups in total. The van der Waals surface area contributed by atoms with E-state index in [1.807, 2.05) is 31.2 Å². The summed E-state index contributed by atoms with van der Waals surface area (Å²) in [5.41, 5.74) is 0. The molecule has 4 nitrogen and oxygen atoms in total. The molecule has 4 heteroatoms. The second kappa shape index (κ2) is 8.84. The molecule has 1 aromatic carbocycles. The van der Waals surface area contributed by atoms with Crippen molar-refractivity contribution in [3.05, 3.63) is 24.3 Å². The molecule has 1 rings (SSSR count). The molecule has 0 atom stereocenters. The van der Waals surface area contributed by atoms with Crippen LogP contribution in [0, 0.1) is 0 Å². The Morgan fingerprint density at radius 3 is 2.47 bits per heavy atom. The third kappa shape index (κ3) is 5.56. The first-order chi connectivity index (χ1) is 8.38. The third-order valence-corrected chi connectivity index (χ3v) is 2.29. The van der Waals surface area contributed by atoms with Crippen molar-refractivity contribution in [1.82, 2.24) is 0 Å². The zero-order valence-corrected chi connectivity index (χ0v) is 10.4. The van der Waals surface area contributed by atoms with E-state index in [1.54, 1.807) is 0 Å². The molecule has 0 saturated carbocycles. The van der Waals surface area contributed by atoms with Gasteiger partial charge in [0.1, 0.15) is 0 Å². The first-order valence-corrected chi connectivity index (χ1v) is 6.15. The van der Waals surface area contributed by atoms with E-state index in [4.69, 9.17) is 14.6 Å². The number of nitrogens with two attached hydrogens (primary N) is 1. The Balaban J connectivity index is 2.25. The second-order valence-corrected chi connectivity index (χ2v) is 3.67. The van der Waals surface area contributed by atoms with Crippen molar-refractivity contribution in [2.24, 2.45) is 0 Å². The Bertz CT molecular complexity index is 304. The number of quaternary nitrogens is 1. The van der Waals surface area contributed by atoms with Crippen LogP contribution in [0.25, 0.3) is 0 Å². The van der Waals surface area contributed by atoms with Gasteiger partial charge in [0.15, 0.2) is 11.5 Å². The van der Waals surface area contributed by atoms with Crippen LogP contribution in [0.5, 0.6) is 11.5 Å². The van der Waals surface area contributed by atoms with Crippen LogP contribution in [0.2, 0.25) is 0 Å². The fourth-order valence-corrected chi connectivity index (χ4v) is 1.49. The highest BCUT2D eigenvalue weighted by Crippen LogP contribution is 2.26. The van der Waals surface area contributed by atoms with E-state index in [-0.39, 0.29) is 6.61 Å². The van der Waals surface area contributed by atoms with Crippen LogP contribution in [0.4, 0.5) is 0 Å². The number of para-hydroxylation sites is 2. The number of rotatable bonds is 9. The van der Waals surface area contributed by atoms with E-state index >= 15 is 0 Å². The highest BCUT2D eigenvalue weighted by atomic mass is 16.5. The van der Waals surface area contributed by atoms with E-state index in [1.165, 1.54) is 0 Å². The van der Waals surface area contributed by atoms with E-state index in [2.05, 4.69) is 5.32 Å². The summed E-state index contributed by atoms with van der Waals surface area (Å²) >= 11 is 0. The van der Waals surface area contributed by atoms with Crippen molar-refractivity contribution in [2.75, 3.05) is 32.9 Å². The standard InChI is InChI=1S/C13H21NO3/c1-2-16-12-6-3-4-7-13(12)17-11-5-8-14-9-10-15/h3-4,6-7,14-15H,2,5,8-11H2,1H3/p+1. The van der Waals surface area contributed by atoms with Crippen molar-refractivity contribution in [3.8, 4) is 11.5 Å². The monoisotopic (exact) mass is 240 g/mol. The molecule has 0 spiro atoms. The molecule has 0 amide bonds. The maximum absolute atomic E-state index is 8.62. The SMILES string of the molecule is CCOc1ccccc1OCCC[NH2+]CCO. The van der Waals surface area contributed by atoms with Gasteiger partial charge in [-0.25, -0.2) is 0 Å². The first kappa shape index (κ1) is 13.8. The molecule has 0 unspecified atom stereocenters. The first-order valence-electron chi connectivity index (χ1n) is 6.15. The molecule has 0 radical (unpaired) electrons.